The van der Waals surface area contributed by atoms with Crippen LogP contribution in [-0.4, -0.2) is 175 Å². The van der Waals surface area contributed by atoms with E-state index in [1.54, 1.807) is 44.2 Å². The van der Waals surface area contributed by atoms with E-state index < -0.39 is 194 Å². The lowest BCUT2D eigenvalue weighted by molar-refractivity contribution is -0.143. The van der Waals surface area contributed by atoms with Gasteiger partial charge in [-0.25, -0.2) is 0 Å². The molecule has 2 aromatic rings. The first-order chi connectivity index (χ1) is 38.4. The zero-order valence-corrected chi connectivity index (χ0v) is 46.1. The maximum Gasteiger partial charge on any atom is 0.305 e. The van der Waals surface area contributed by atoms with Gasteiger partial charge in [-0.15, -0.1) is 0 Å². The molecule has 0 spiro atoms. The van der Waals surface area contributed by atoms with Crippen molar-refractivity contribution in [2.24, 2.45) is 17.4 Å². The van der Waals surface area contributed by atoms with Gasteiger partial charge >= 0.3 is 23.9 Å². The van der Waals surface area contributed by atoms with Crippen LogP contribution in [0.4, 0.5) is 0 Å². The summed E-state index contributed by atoms with van der Waals surface area (Å²) in [6, 6.07) is -2.47. The Labute approximate surface area is 475 Å². The van der Waals surface area contributed by atoms with Crippen LogP contribution in [0.5, 0.6) is 5.75 Å². The monoisotopic (exact) mass is 1170 g/mol. The van der Waals surface area contributed by atoms with Crippen LogP contribution in [0.3, 0.4) is 0 Å². The first kappa shape index (κ1) is 69.2. The second-order valence-electron chi connectivity index (χ2n) is 19.3. The molecule has 0 aliphatic heterocycles. The number of carboxylic acids is 4. The predicted octanol–water partition coefficient (Wildman–Crippen LogP) is -3.95. The van der Waals surface area contributed by atoms with Gasteiger partial charge < -0.3 is 84.9 Å². The van der Waals surface area contributed by atoms with E-state index in [2.05, 4.69) is 60.5 Å². The van der Waals surface area contributed by atoms with Crippen molar-refractivity contribution in [3.05, 3.63) is 65.7 Å². The molecule has 0 aromatic heterocycles. The number of hydrogen-bond acceptors (Lipinski definition) is 17. The standard InChI is InChI=1S/C51H71N11O19S/c1-24(2)18-33(48(78)55-25(3)43(73)56-31(14-16-38(64)65)46(76)54-26(4)44(74)62-37(23-82)42(53)72)58-50(80)35(21-40(68)69)61-51(81)36(22-41(70)71)60-49(79)34(20-28-10-12-29(63)13-11-28)59-47(77)32(15-17-39(66)67)57-45(75)30(52)19-27-8-6-5-7-9-27/h5-13,24-26,30-37,63,82H,14-23,52H2,1-4H3,(H2,53,72)(H,54,76)(H,55,78)(H,56,73)(H,57,75)(H,58,80)(H,59,77)(H,60,79)(H,61,81)(H,62,74)(H,64,65)(H,66,67)(H,68,69)(H,70,71)/t25-,26-,30-,31-,32-,33-,34-,35-,36-,37-/m0/s1. The Morgan fingerprint density at radius 2 is 0.805 bits per heavy atom. The lowest BCUT2D eigenvalue weighted by Crippen LogP contribution is -2.61. The fraction of sp³-hybridized carbons (Fsp3) is 0.490. The van der Waals surface area contributed by atoms with Gasteiger partial charge in [-0.1, -0.05) is 56.3 Å². The minimum Gasteiger partial charge on any atom is -0.508 e. The minimum atomic E-state index is -2.13. The second kappa shape index (κ2) is 34.3. The van der Waals surface area contributed by atoms with E-state index in [1.165, 1.54) is 31.2 Å². The van der Waals surface area contributed by atoms with Crippen molar-refractivity contribution >= 4 is 95.6 Å². The maximum absolute atomic E-state index is 14.1. The highest BCUT2D eigenvalue weighted by molar-refractivity contribution is 7.80. The van der Waals surface area contributed by atoms with E-state index in [9.17, 15) is 92.7 Å². The molecule has 0 aliphatic rings. The van der Waals surface area contributed by atoms with Crippen molar-refractivity contribution < 1.29 is 92.7 Å². The Morgan fingerprint density at radius 3 is 1.23 bits per heavy atom. The fourth-order valence-corrected chi connectivity index (χ4v) is 7.78. The average molecular weight is 1170 g/mol. The topological polar surface area (TPSA) is 500 Å². The Kier molecular flexibility index (Phi) is 29.0. The Morgan fingerprint density at radius 1 is 0.439 bits per heavy atom. The molecule has 2 rings (SSSR count). The summed E-state index contributed by atoms with van der Waals surface area (Å²) < 4.78 is 0. The van der Waals surface area contributed by atoms with Crippen LogP contribution in [0.2, 0.25) is 0 Å². The normalized spacial score (nSPS) is 14.6. The highest BCUT2D eigenvalue weighted by atomic mass is 32.1. The summed E-state index contributed by atoms with van der Waals surface area (Å²) in [5, 5.41) is 68.7. The molecule has 10 amide bonds. The van der Waals surface area contributed by atoms with E-state index in [-0.39, 0.29) is 29.9 Å². The van der Waals surface area contributed by atoms with Crippen LogP contribution in [0.25, 0.3) is 0 Å². The van der Waals surface area contributed by atoms with Crippen molar-refractivity contribution in [1.29, 1.82) is 0 Å². The smallest absolute Gasteiger partial charge is 0.305 e. The molecule has 0 heterocycles. The summed E-state index contributed by atoms with van der Waals surface area (Å²) in [5.41, 5.74) is 12.3. The van der Waals surface area contributed by atoms with Crippen molar-refractivity contribution in [1.82, 2.24) is 47.9 Å². The highest BCUT2D eigenvalue weighted by Crippen LogP contribution is 2.14. The molecule has 0 saturated heterocycles. The molecule has 2 aromatic carbocycles. The van der Waals surface area contributed by atoms with Crippen LogP contribution in [0, 0.1) is 5.92 Å². The molecule has 0 unspecified atom stereocenters. The SMILES string of the molecule is CC(C)C[C@H](NC(=O)[C@H](CC(=O)O)NC(=O)[C@H](CC(=O)O)NC(=O)[C@H](Cc1ccc(O)cc1)NC(=O)[C@H](CCC(=O)O)NC(=O)[C@@H](N)Cc1ccccc1)C(=O)N[C@@H](C)C(=O)N[C@@H](CCC(=O)O)C(=O)N[C@@H](C)C(=O)N[C@@H](CS)C(N)=O. The largest absolute Gasteiger partial charge is 0.508 e. The number of thiol groups is 1. The third kappa shape index (κ3) is 25.5. The number of carbonyl (C=O) groups is 14. The number of aromatic hydroxyl groups is 1. The number of phenols is 1. The van der Waals surface area contributed by atoms with Crippen LogP contribution >= 0.6 is 12.6 Å². The van der Waals surface area contributed by atoms with Gasteiger partial charge in [0, 0.05) is 25.0 Å². The van der Waals surface area contributed by atoms with Gasteiger partial charge in [0.2, 0.25) is 59.1 Å². The van der Waals surface area contributed by atoms with Crippen LogP contribution in [-0.2, 0) is 80.0 Å². The van der Waals surface area contributed by atoms with Gasteiger partial charge in [-0.3, -0.25) is 67.1 Å². The molecule has 0 bridgehead atoms. The molecular weight excluding hydrogens is 1100 g/mol. The van der Waals surface area contributed by atoms with Gasteiger partial charge in [0.25, 0.3) is 0 Å². The van der Waals surface area contributed by atoms with E-state index in [4.69, 9.17) is 11.5 Å². The molecule has 10 atom stereocenters. The summed E-state index contributed by atoms with van der Waals surface area (Å²) in [6.45, 7) is 5.60. The molecule has 18 N–H and O–H groups in total. The van der Waals surface area contributed by atoms with Crippen LogP contribution in [0.15, 0.2) is 54.6 Å². The Hall–Kier alpha value is -8.87. The van der Waals surface area contributed by atoms with E-state index in [1.807, 2.05) is 0 Å². The molecule has 0 aliphatic carbocycles. The predicted molar refractivity (Wildman–Crippen MR) is 289 cm³/mol. The molecule has 0 saturated carbocycles. The zero-order valence-electron chi connectivity index (χ0n) is 45.2. The first-order valence-corrected chi connectivity index (χ1v) is 26.1. The Balaban J connectivity index is 2.39. The number of aliphatic carboxylic acids is 4. The third-order valence-electron chi connectivity index (χ3n) is 11.9. The number of carboxylic acid groups (broad SMARTS) is 4. The lowest BCUT2D eigenvalue weighted by atomic mass is 10.0. The number of nitrogens with one attached hydrogen (secondary N) is 9. The lowest BCUT2D eigenvalue weighted by Gasteiger charge is -2.27. The van der Waals surface area contributed by atoms with Crippen molar-refractivity contribution in [2.45, 2.75) is 146 Å². The second-order valence-corrected chi connectivity index (χ2v) is 19.7. The summed E-state index contributed by atoms with van der Waals surface area (Å²) in [6.07, 6.45) is -5.36. The number of rotatable bonds is 36. The maximum atomic E-state index is 14.1. The molecule has 450 valence electrons. The van der Waals surface area contributed by atoms with E-state index in [0.29, 0.717) is 5.56 Å². The number of benzene rings is 2. The van der Waals surface area contributed by atoms with Gasteiger partial charge in [-0.2, -0.15) is 12.6 Å². The quantitative estimate of drug-likeness (QED) is 0.0290. The number of nitrogens with two attached hydrogens (primary N) is 2. The first-order valence-electron chi connectivity index (χ1n) is 25.5. The number of carbonyl (C=O) groups excluding carboxylic acids is 10. The van der Waals surface area contributed by atoms with Gasteiger partial charge in [0.05, 0.1) is 18.9 Å². The summed E-state index contributed by atoms with van der Waals surface area (Å²) in [7, 11) is 0. The van der Waals surface area contributed by atoms with Crippen molar-refractivity contribution in [2.75, 3.05) is 5.75 Å². The fourth-order valence-electron chi connectivity index (χ4n) is 7.51. The van der Waals surface area contributed by atoms with Gasteiger partial charge in [-0.05, 0) is 68.7 Å². The third-order valence-corrected chi connectivity index (χ3v) is 12.3. The molecular formula is C51H71N11O19S. The van der Waals surface area contributed by atoms with Crippen molar-refractivity contribution in [3.8, 4) is 5.75 Å². The van der Waals surface area contributed by atoms with Gasteiger partial charge in [0.1, 0.15) is 60.1 Å². The highest BCUT2D eigenvalue weighted by Gasteiger charge is 2.36. The number of amides is 10. The summed E-state index contributed by atoms with van der Waals surface area (Å²) >= 11 is 3.93. The number of phenolic OH excluding ortho intramolecular Hbond substituents is 1. The Bertz CT molecular complexity index is 2630. The van der Waals surface area contributed by atoms with E-state index in [0.717, 1.165) is 6.92 Å². The minimum absolute atomic E-state index is 0.0132. The summed E-state index contributed by atoms with van der Waals surface area (Å²) in [5.74, 6) is -17.9. The zero-order chi connectivity index (χ0) is 62.0. The van der Waals surface area contributed by atoms with Crippen LogP contribution < -0.4 is 59.3 Å². The molecule has 31 heteroatoms. The van der Waals surface area contributed by atoms with Gasteiger partial charge in [0.15, 0.2) is 0 Å². The van der Waals surface area contributed by atoms with Crippen molar-refractivity contribution in [3.63, 3.8) is 0 Å². The molecule has 30 nitrogen and oxygen atoms in total. The molecule has 0 fully saturated rings. The molecule has 82 heavy (non-hydrogen) atoms. The summed E-state index contributed by atoms with van der Waals surface area (Å²) in [4.78, 5) is 181. The average Bonchev–Trinajstić information content (AvgIpc) is 3.40. The van der Waals surface area contributed by atoms with Crippen LogP contribution in [0.1, 0.15) is 83.8 Å². The van der Waals surface area contributed by atoms with E-state index >= 15 is 0 Å². The molecule has 0 radical (unpaired) electrons. The number of hydrogen-bond donors (Lipinski definition) is 17. The number of primary amides is 1.